The number of nitrogens with zero attached hydrogens (tertiary/aromatic N) is 4. The van der Waals surface area contributed by atoms with Crippen LogP contribution in [0.1, 0.15) is 35.3 Å². The predicted octanol–water partition coefficient (Wildman–Crippen LogP) is 1.35. The van der Waals surface area contributed by atoms with Crippen LogP contribution in [0, 0.1) is 0 Å². The fourth-order valence-electron chi connectivity index (χ4n) is 2.68. The molecule has 2 aromatic rings. The van der Waals surface area contributed by atoms with E-state index in [0.717, 1.165) is 25.3 Å². The largest absolute Gasteiger partial charge is 0.365 e. The Balaban J connectivity index is 1.80. The van der Waals surface area contributed by atoms with Gasteiger partial charge in [0.05, 0.1) is 11.3 Å². The molecule has 1 aliphatic heterocycles. The van der Waals surface area contributed by atoms with Crippen LogP contribution >= 0.6 is 0 Å². The van der Waals surface area contributed by atoms with Crippen LogP contribution in [0.15, 0.2) is 30.6 Å². The maximum Gasteiger partial charge on any atom is 0.252 e. The molecule has 0 aliphatic carbocycles. The van der Waals surface area contributed by atoms with Crippen LogP contribution in [0.5, 0.6) is 0 Å². The molecule has 110 valence electrons. The third-order valence-corrected chi connectivity index (χ3v) is 3.75. The Hall–Kier alpha value is -2.21. The first-order chi connectivity index (χ1) is 10.2. The first kappa shape index (κ1) is 13.8. The van der Waals surface area contributed by atoms with Gasteiger partial charge in [-0.1, -0.05) is 6.42 Å². The van der Waals surface area contributed by atoms with Gasteiger partial charge in [0.2, 0.25) is 0 Å². The van der Waals surface area contributed by atoms with E-state index in [0.29, 0.717) is 11.4 Å². The van der Waals surface area contributed by atoms with Gasteiger partial charge >= 0.3 is 0 Å². The Bertz CT molecular complexity index is 630. The van der Waals surface area contributed by atoms with Crippen molar-refractivity contribution in [3.8, 4) is 5.82 Å². The Labute approximate surface area is 123 Å². The fraction of sp³-hybridized carbons (Fsp3) is 0.400. The predicted molar refractivity (Wildman–Crippen MR) is 79.0 cm³/mol. The van der Waals surface area contributed by atoms with Crippen LogP contribution < -0.4 is 5.73 Å². The Kier molecular flexibility index (Phi) is 3.96. The molecule has 1 fully saturated rings. The Morgan fingerprint density at radius 3 is 2.81 bits per heavy atom. The molecule has 3 rings (SSSR count). The summed E-state index contributed by atoms with van der Waals surface area (Å²) in [5.74, 6) is -0.0129. The van der Waals surface area contributed by atoms with Crippen molar-refractivity contribution in [2.24, 2.45) is 5.73 Å². The molecular formula is C15H19N5O. The molecule has 1 aliphatic rings. The molecule has 2 N–H and O–H groups in total. The molecule has 0 aromatic carbocycles. The topological polar surface area (TPSA) is 77.0 Å². The molecule has 0 radical (unpaired) electrons. The second-order valence-electron chi connectivity index (χ2n) is 5.33. The van der Waals surface area contributed by atoms with Crippen molar-refractivity contribution in [1.82, 2.24) is 19.7 Å². The second kappa shape index (κ2) is 6.05. The highest BCUT2D eigenvalue weighted by Gasteiger charge is 2.14. The lowest BCUT2D eigenvalue weighted by atomic mass is 10.1. The first-order valence-corrected chi connectivity index (χ1v) is 7.26. The first-order valence-electron chi connectivity index (χ1n) is 7.26. The quantitative estimate of drug-likeness (QED) is 0.920. The monoisotopic (exact) mass is 285 g/mol. The highest BCUT2D eigenvalue weighted by molar-refractivity contribution is 5.95. The molecule has 0 atom stereocenters. The number of hydrogen-bond acceptors (Lipinski definition) is 4. The summed E-state index contributed by atoms with van der Waals surface area (Å²) < 4.78 is 1.62. The molecule has 2 aromatic heterocycles. The molecule has 1 amide bonds. The van der Waals surface area contributed by atoms with Gasteiger partial charge in [0, 0.05) is 18.9 Å². The van der Waals surface area contributed by atoms with Crippen LogP contribution in [-0.4, -0.2) is 38.7 Å². The lowest BCUT2D eigenvalue weighted by Crippen LogP contribution is -2.29. The van der Waals surface area contributed by atoms with Gasteiger partial charge in [-0.15, -0.1) is 0 Å². The lowest BCUT2D eigenvalue weighted by Gasteiger charge is -2.25. The Morgan fingerprint density at radius 1 is 1.24 bits per heavy atom. The minimum atomic E-state index is -0.494. The summed E-state index contributed by atoms with van der Waals surface area (Å²) in [6.07, 6.45) is 7.29. The number of pyridine rings is 1. The molecule has 0 spiro atoms. The van der Waals surface area contributed by atoms with Crippen LogP contribution in [0.2, 0.25) is 0 Å². The Morgan fingerprint density at radius 2 is 2.05 bits per heavy atom. The lowest BCUT2D eigenvalue weighted by molar-refractivity contribution is 0.1000. The van der Waals surface area contributed by atoms with Crippen molar-refractivity contribution < 1.29 is 4.79 Å². The zero-order valence-corrected chi connectivity index (χ0v) is 11.9. The highest BCUT2D eigenvalue weighted by atomic mass is 16.1. The van der Waals surface area contributed by atoms with Crippen LogP contribution in [-0.2, 0) is 6.54 Å². The summed E-state index contributed by atoms with van der Waals surface area (Å²) in [6.45, 7) is 3.09. The van der Waals surface area contributed by atoms with Crippen molar-refractivity contribution in [1.29, 1.82) is 0 Å². The molecular weight excluding hydrogens is 266 g/mol. The van der Waals surface area contributed by atoms with Gasteiger partial charge < -0.3 is 5.73 Å². The zero-order chi connectivity index (χ0) is 14.7. The van der Waals surface area contributed by atoms with Crippen molar-refractivity contribution >= 4 is 5.91 Å². The normalized spacial score (nSPS) is 16.0. The summed E-state index contributed by atoms with van der Waals surface area (Å²) in [5.41, 5.74) is 6.74. The van der Waals surface area contributed by atoms with E-state index >= 15 is 0 Å². The third-order valence-electron chi connectivity index (χ3n) is 3.75. The summed E-state index contributed by atoms with van der Waals surface area (Å²) >= 11 is 0. The summed E-state index contributed by atoms with van der Waals surface area (Å²) in [4.78, 5) is 18.1. The maximum atomic E-state index is 11.5. The standard InChI is InChI=1S/C15H19N5O/c16-14(21)13-5-4-7-17-15(13)20-10-6-12(18-20)11-19-8-2-1-3-9-19/h4-7,10H,1-3,8-9,11H2,(H2,16,21). The fourth-order valence-corrected chi connectivity index (χ4v) is 2.68. The summed E-state index contributed by atoms with van der Waals surface area (Å²) in [5, 5.41) is 4.52. The van der Waals surface area contributed by atoms with Gasteiger partial charge in [-0.05, 0) is 44.1 Å². The van der Waals surface area contributed by atoms with E-state index in [1.807, 2.05) is 12.3 Å². The second-order valence-corrected chi connectivity index (χ2v) is 5.33. The maximum absolute atomic E-state index is 11.5. The van der Waals surface area contributed by atoms with E-state index in [9.17, 15) is 4.79 Å². The number of carbonyl (C=O) groups is 1. The molecule has 0 unspecified atom stereocenters. The highest BCUT2D eigenvalue weighted by Crippen LogP contribution is 2.14. The number of aromatic nitrogens is 3. The van der Waals surface area contributed by atoms with E-state index in [-0.39, 0.29) is 0 Å². The minimum Gasteiger partial charge on any atom is -0.365 e. The summed E-state index contributed by atoms with van der Waals surface area (Å²) in [7, 11) is 0. The van der Waals surface area contributed by atoms with Gasteiger partial charge in [-0.25, -0.2) is 9.67 Å². The minimum absolute atomic E-state index is 0.380. The molecule has 6 heteroatoms. The van der Waals surface area contributed by atoms with Gasteiger partial charge in [-0.3, -0.25) is 9.69 Å². The molecule has 3 heterocycles. The van der Waals surface area contributed by atoms with Gasteiger partial charge in [-0.2, -0.15) is 5.10 Å². The zero-order valence-electron chi connectivity index (χ0n) is 11.9. The van der Waals surface area contributed by atoms with E-state index in [1.54, 1.807) is 23.0 Å². The number of primary amides is 1. The number of hydrogen-bond donors (Lipinski definition) is 1. The van der Waals surface area contributed by atoms with Crippen LogP contribution in [0.4, 0.5) is 0 Å². The van der Waals surface area contributed by atoms with Gasteiger partial charge in [0.15, 0.2) is 5.82 Å². The third kappa shape index (κ3) is 3.11. The average molecular weight is 285 g/mol. The van der Waals surface area contributed by atoms with Crippen molar-refractivity contribution in [2.45, 2.75) is 25.8 Å². The van der Waals surface area contributed by atoms with Gasteiger partial charge in [0.1, 0.15) is 0 Å². The van der Waals surface area contributed by atoms with Crippen molar-refractivity contribution in [2.75, 3.05) is 13.1 Å². The van der Waals surface area contributed by atoms with E-state index in [4.69, 9.17) is 5.73 Å². The van der Waals surface area contributed by atoms with Crippen LogP contribution in [0.3, 0.4) is 0 Å². The van der Waals surface area contributed by atoms with Gasteiger partial charge in [0.25, 0.3) is 5.91 Å². The molecule has 21 heavy (non-hydrogen) atoms. The van der Waals surface area contributed by atoms with E-state index < -0.39 is 5.91 Å². The summed E-state index contributed by atoms with van der Waals surface area (Å²) in [6, 6.07) is 5.33. The average Bonchev–Trinajstić information content (AvgIpc) is 2.96. The number of carbonyl (C=O) groups excluding carboxylic acids is 1. The SMILES string of the molecule is NC(=O)c1cccnc1-n1ccc(CN2CCCCC2)n1. The van der Waals surface area contributed by atoms with E-state index in [1.165, 1.54) is 19.3 Å². The number of piperidine rings is 1. The number of rotatable bonds is 4. The molecule has 0 bridgehead atoms. The van der Waals surface area contributed by atoms with Crippen LogP contribution in [0.25, 0.3) is 5.82 Å². The molecule has 0 saturated carbocycles. The van der Waals surface area contributed by atoms with Crippen molar-refractivity contribution in [3.05, 3.63) is 41.9 Å². The molecule has 6 nitrogen and oxygen atoms in total. The van der Waals surface area contributed by atoms with E-state index in [2.05, 4.69) is 15.0 Å². The number of nitrogens with two attached hydrogens (primary N) is 1. The number of likely N-dealkylation sites (tertiary alicyclic amines) is 1. The molecule has 1 saturated heterocycles. The smallest absolute Gasteiger partial charge is 0.252 e. The number of amides is 1. The van der Waals surface area contributed by atoms with Crippen molar-refractivity contribution in [3.63, 3.8) is 0 Å².